The molecular formula is C24H23NO3. The molecule has 1 atom stereocenters. The second-order valence-electron chi connectivity index (χ2n) is 6.86. The molecule has 3 aromatic rings. The fourth-order valence-electron chi connectivity index (χ4n) is 3.84. The fraction of sp³-hybridized carbons (Fsp3) is 0.208. The first-order valence-electron chi connectivity index (χ1n) is 9.58. The zero-order valence-corrected chi connectivity index (χ0v) is 16.1. The third-order valence-corrected chi connectivity index (χ3v) is 5.36. The van der Waals surface area contributed by atoms with Crippen LogP contribution in [0.4, 0.5) is 0 Å². The third-order valence-electron chi connectivity index (χ3n) is 5.36. The summed E-state index contributed by atoms with van der Waals surface area (Å²) < 4.78 is 6.10. The van der Waals surface area contributed by atoms with Gasteiger partial charge < -0.3 is 14.7 Å². The van der Waals surface area contributed by atoms with Crippen molar-refractivity contribution >= 4 is 5.91 Å². The Morgan fingerprint density at radius 3 is 2.25 bits per heavy atom. The lowest BCUT2D eigenvalue weighted by molar-refractivity contribution is 0.0771. The highest BCUT2D eigenvalue weighted by Crippen LogP contribution is 2.50. The van der Waals surface area contributed by atoms with Crippen molar-refractivity contribution < 1.29 is 14.6 Å². The van der Waals surface area contributed by atoms with Gasteiger partial charge in [0.1, 0.15) is 17.1 Å². The maximum Gasteiger partial charge on any atom is 0.253 e. The van der Waals surface area contributed by atoms with Crippen LogP contribution in [0.15, 0.2) is 72.8 Å². The Hall–Kier alpha value is -3.11. The van der Waals surface area contributed by atoms with Gasteiger partial charge in [-0.15, -0.1) is 0 Å². The van der Waals surface area contributed by atoms with Crippen LogP contribution in [-0.2, 0) is 5.60 Å². The lowest BCUT2D eigenvalue weighted by Crippen LogP contribution is -2.33. The van der Waals surface area contributed by atoms with Gasteiger partial charge in [-0.05, 0) is 37.6 Å². The second kappa shape index (κ2) is 7.13. The van der Waals surface area contributed by atoms with E-state index in [2.05, 4.69) is 0 Å². The average molecular weight is 373 g/mol. The van der Waals surface area contributed by atoms with E-state index in [-0.39, 0.29) is 5.91 Å². The summed E-state index contributed by atoms with van der Waals surface area (Å²) in [6.07, 6.45) is 0. The molecule has 0 aliphatic carbocycles. The summed E-state index contributed by atoms with van der Waals surface area (Å²) in [6.45, 7) is 5.20. The topological polar surface area (TPSA) is 49.8 Å². The zero-order chi connectivity index (χ0) is 19.7. The largest absolute Gasteiger partial charge is 0.456 e. The van der Waals surface area contributed by atoms with Gasteiger partial charge >= 0.3 is 0 Å². The highest BCUT2D eigenvalue weighted by atomic mass is 16.5. The number of hydrogen-bond donors (Lipinski definition) is 1. The number of fused-ring (bicyclic) bond motifs is 2. The van der Waals surface area contributed by atoms with Crippen LogP contribution in [0.2, 0.25) is 0 Å². The molecule has 1 unspecified atom stereocenters. The van der Waals surface area contributed by atoms with Crippen LogP contribution in [0, 0.1) is 0 Å². The molecule has 142 valence electrons. The molecule has 1 N–H and O–H groups in total. The summed E-state index contributed by atoms with van der Waals surface area (Å²) >= 11 is 0. The van der Waals surface area contributed by atoms with Crippen molar-refractivity contribution in [1.29, 1.82) is 0 Å². The van der Waals surface area contributed by atoms with Crippen molar-refractivity contribution in [3.63, 3.8) is 0 Å². The number of hydrogen-bond acceptors (Lipinski definition) is 3. The predicted molar refractivity (Wildman–Crippen MR) is 109 cm³/mol. The lowest BCUT2D eigenvalue weighted by Gasteiger charge is -2.36. The average Bonchev–Trinajstić information content (AvgIpc) is 2.75. The van der Waals surface area contributed by atoms with Crippen molar-refractivity contribution in [1.82, 2.24) is 4.90 Å². The minimum absolute atomic E-state index is 0.0430. The Morgan fingerprint density at radius 1 is 0.893 bits per heavy atom. The normalized spacial score (nSPS) is 17.2. The second-order valence-corrected chi connectivity index (χ2v) is 6.86. The Bertz CT molecular complexity index is 1010. The van der Waals surface area contributed by atoms with Gasteiger partial charge in [-0.3, -0.25) is 4.79 Å². The number of nitrogens with zero attached hydrogens (tertiary/aromatic N) is 1. The molecule has 1 amide bonds. The highest BCUT2D eigenvalue weighted by Gasteiger charge is 2.42. The van der Waals surface area contributed by atoms with Gasteiger partial charge in [0, 0.05) is 29.8 Å². The minimum atomic E-state index is -1.35. The van der Waals surface area contributed by atoms with E-state index in [0.717, 1.165) is 5.56 Å². The summed E-state index contributed by atoms with van der Waals surface area (Å²) in [4.78, 5) is 14.5. The van der Waals surface area contributed by atoms with Crippen LogP contribution in [-0.4, -0.2) is 29.0 Å². The van der Waals surface area contributed by atoms with Crippen LogP contribution >= 0.6 is 0 Å². The smallest absolute Gasteiger partial charge is 0.253 e. The fourth-order valence-corrected chi connectivity index (χ4v) is 3.84. The monoisotopic (exact) mass is 373 g/mol. The van der Waals surface area contributed by atoms with Crippen LogP contribution in [0.3, 0.4) is 0 Å². The number of carbonyl (C=O) groups excluding carboxylic acids is 1. The quantitative estimate of drug-likeness (QED) is 0.729. The van der Waals surface area contributed by atoms with E-state index in [0.29, 0.717) is 41.3 Å². The number of amides is 1. The maximum absolute atomic E-state index is 12.8. The molecular weight excluding hydrogens is 350 g/mol. The molecule has 1 heterocycles. The van der Waals surface area contributed by atoms with Crippen LogP contribution in [0.5, 0.6) is 11.5 Å². The van der Waals surface area contributed by atoms with Crippen molar-refractivity contribution in [2.75, 3.05) is 13.1 Å². The first-order chi connectivity index (χ1) is 13.6. The molecule has 4 rings (SSSR count). The van der Waals surface area contributed by atoms with Crippen molar-refractivity contribution in [2.24, 2.45) is 0 Å². The van der Waals surface area contributed by atoms with Crippen molar-refractivity contribution in [3.05, 3.63) is 95.1 Å². The summed E-state index contributed by atoms with van der Waals surface area (Å²) in [5, 5.41) is 11.9. The first-order valence-corrected chi connectivity index (χ1v) is 9.58. The standard InChI is InChI=1S/C24H23NO3/c1-3-25(4-2)23(26)17-14-15-20-22(16-17)28-21-13-9-8-12-19(21)24(20,27)18-10-6-5-7-11-18/h5-16,27H,3-4H2,1-2H3. The van der Waals surface area contributed by atoms with E-state index in [9.17, 15) is 9.90 Å². The molecule has 1 aliphatic heterocycles. The molecule has 3 aromatic carbocycles. The predicted octanol–water partition coefficient (Wildman–Crippen LogP) is 4.56. The van der Waals surface area contributed by atoms with Crippen molar-refractivity contribution in [2.45, 2.75) is 19.4 Å². The molecule has 4 heteroatoms. The molecule has 0 aromatic heterocycles. The Labute approximate surface area is 165 Å². The number of rotatable bonds is 4. The highest BCUT2D eigenvalue weighted by molar-refractivity contribution is 5.95. The van der Waals surface area contributed by atoms with Crippen LogP contribution in [0.1, 0.15) is 40.9 Å². The van der Waals surface area contributed by atoms with Gasteiger partial charge in [0.2, 0.25) is 0 Å². The van der Waals surface area contributed by atoms with Gasteiger partial charge in [-0.2, -0.15) is 0 Å². The SMILES string of the molecule is CCN(CC)C(=O)c1ccc2c(c1)Oc1ccccc1C2(O)c1ccccc1. The van der Waals surface area contributed by atoms with E-state index in [1.54, 1.807) is 23.1 Å². The zero-order valence-electron chi connectivity index (χ0n) is 16.1. The van der Waals surface area contributed by atoms with Gasteiger partial charge in [0.05, 0.1) is 0 Å². The number of aliphatic hydroxyl groups is 1. The van der Waals surface area contributed by atoms with E-state index in [4.69, 9.17) is 4.74 Å². The molecule has 1 aliphatic rings. The first kappa shape index (κ1) is 18.3. The van der Waals surface area contributed by atoms with E-state index >= 15 is 0 Å². The summed E-state index contributed by atoms with van der Waals surface area (Å²) in [7, 11) is 0. The van der Waals surface area contributed by atoms with Crippen molar-refractivity contribution in [3.8, 4) is 11.5 Å². The van der Waals surface area contributed by atoms with Gasteiger partial charge in [-0.1, -0.05) is 54.6 Å². The molecule has 0 radical (unpaired) electrons. The van der Waals surface area contributed by atoms with Crippen LogP contribution < -0.4 is 4.74 Å². The van der Waals surface area contributed by atoms with Gasteiger partial charge in [-0.25, -0.2) is 0 Å². The molecule has 0 fully saturated rings. The lowest BCUT2D eigenvalue weighted by atomic mass is 9.78. The number of benzene rings is 3. The Kier molecular flexibility index (Phi) is 4.65. The molecule has 0 bridgehead atoms. The van der Waals surface area contributed by atoms with Gasteiger partial charge in [0.25, 0.3) is 5.91 Å². The van der Waals surface area contributed by atoms with E-state index in [1.807, 2.05) is 68.4 Å². The number of carbonyl (C=O) groups is 1. The summed E-state index contributed by atoms with van der Waals surface area (Å²) in [5.74, 6) is 1.05. The number of ether oxygens (including phenoxy) is 1. The molecule has 0 spiro atoms. The summed E-state index contributed by atoms with van der Waals surface area (Å²) in [5.41, 5.74) is 1.29. The number of para-hydroxylation sites is 1. The van der Waals surface area contributed by atoms with Gasteiger partial charge in [0.15, 0.2) is 0 Å². The maximum atomic E-state index is 12.8. The molecule has 0 saturated carbocycles. The van der Waals surface area contributed by atoms with E-state index in [1.165, 1.54) is 0 Å². The Balaban J connectivity index is 1.89. The molecule has 0 saturated heterocycles. The summed E-state index contributed by atoms with van der Waals surface area (Å²) in [6, 6.07) is 22.3. The van der Waals surface area contributed by atoms with E-state index < -0.39 is 5.60 Å². The third kappa shape index (κ3) is 2.77. The molecule has 28 heavy (non-hydrogen) atoms. The molecule has 4 nitrogen and oxygen atoms in total. The minimum Gasteiger partial charge on any atom is -0.456 e. The Morgan fingerprint density at radius 2 is 1.54 bits per heavy atom. The van der Waals surface area contributed by atoms with Crippen LogP contribution in [0.25, 0.3) is 0 Å².